The van der Waals surface area contributed by atoms with Crippen molar-refractivity contribution < 1.29 is 4.74 Å². The maximum atomic E-state index is 6.05. The Morgan fingerprint density at radius 2 is 1.80 bits per heavy atom. The van der Waals surface area contributed by atoms with E-state index >= 15 is 0 Å². The van der Waals surface area contributed by atoms with Crippen molar-refractivity contribution in [3.05, 3.63) is 77.1 Å². The molecule has 0 aliphatic heterocycles. The number of aliphatic imine (C=N–C) groups is 1. The van der Waals surface area contributed by atoms with Gasteiger partial charge in [0.25, 0.3) is 0 Å². The minimum absolute atomic E-state index is 0.216. The molecule has 158 valence electrons. The molecular weight excluding hydrogens is 374 g/mol. The molecule has 0 amide bonds. The van der Waals surface area contributed by atoms with Crippen LogP contribution in [0.4, 0.5) is 0 Å². The van der Waals surface area contributed by atoms with Gasteiger partial charge in [-0.05, 0) is 51.0 Å². The zero-order valence-corrected chi connectivity index (χ0v) is 18.4. The molecule has 0 aliphatic carbocycles. The van der Waals surface area contributed by atoms with Crippen molar-refractivity contribution in [3.8, 4) is 11.5 Å². The number of guanidine groups is 1. The topological polar surface area (TPSA) is 63.5 Å². The van der Waals surface area contributed by atoms with Crippen molar-refractivity contribution in [1.82, 2.24) is 20.4 Å². The number of ether oxygens (including phenoxy) is 1. The minimum atomic E-state index is 0.216. The molecule has 30 heavy (non-hydrogen) atoms. The van der Waals surface area contributed by atoms with Crippen molar-refractivity contribution in [2.75, 3.05) is 7.05 Å². The van der Waals surface area contributed by atoms with E-state index in [-0.39, 0.29) is 6.04 Å². The van der Waals surface area contributed by atoms with E-state index in [0.29, 0.717) is 6.54 Å². The summed E-state index contributed by atoms with van der Waals surface area (Å²) in [7, 11) is 3.77. The Bertz CT molecular complexity index is 994. The molecule has 1 atom stereocenters. The summed E-state index contributed by atoms with van der Waals surface area (Å²) in [6.07, 6.45) is 0.889. The molecule has 0 saturated carbocycles. The number of benzene rings is 2. The van der Waals surface area contributed by atoms with E-state index in [1.807, 2.05) is 60.3 Å². The van der Waals surface area contributed by atoms with E-state index in [1.54, 1.807) is 7.05 Å². The summed E-state index contributed by atoms with van der Waals surface area (Å²) >= 11 is 0. The second-order valence-corrected chi connectivity index (χ2v) is 7.47. The predicted molar refractivity (Wildman–Crippen MR) is 122 cm³/mol. The monoisotopic (exact) mass is 405 g/mol. The zero-order valence-electron chi connectivity index (χ0n) is 18.4. The van der Waals surface area contributed by atoms with Crippen molar-refractivity contribution in [2.24, 2.45) is 12.0 Å². The summed E-state index contributed by atoms with van der Waals surface area (Å²) in [4.78, 5) is 4.38. The van der Waals surface area contributed by atoms with Gasteiger partial charge in [0, 0.05) is 37.9 Å². The van der Waals surface area contributed by atoms with Gasteiger partial charge in [0.15, 0.2) is 5.96 Å². The van der Waals surface area contributed by atoms with Crippen LogP contribution in [0.25, 0.3) is 0 Å². The molecule has 6 nitrogen and oxygen atoms in total. The molecule has 0 aliphatic rings. The second kappa shape index (κ2) is 9.96. The summed E-state index contributed by atoms with van der Waals surface area (Å²) in [5, 5.41) is 11.4. The third-order valence-electron chi connectivity index (χ3n) is 5.17. The molecule has 6 heteroatoms. The molecule has 2 aromatic carbocycles. The summed E-state index contributed by atoms with van der Waals surface area (Å²) in [5.74, 6) is 2.42. The minimum Gasteiger partial charge on any atom is -0.457 e. The molecule has 0 saturated heterocycles. The molecule has 3 rings (SSSR count). The van der Waals surface area contributed by atoms with Gasteiger partial charge in [-0.2, -0.15) is 5.10 Å². The maximum absolute atomic E-state index is 6.05. The lowest BCUT2D eigenvalue weighted by Gasteiger charge is -2.19. The van der Waals surface area contributed by atoms with Crippen LogP contribution in [0.15, 0.2) is 59.6 Å². The number of aryl methyl sites for hydroxylation is 2. The summed E-state index contributed by atoms with van der Waals surface area (Å²) in [5.41, 5.74) is 4.64. The molecule has 1 aromatic heterocycles. The van der Waals surface area contributed by atoms with E-state index in [1.165, 1.54) is 11.3 Å². The Kier molecular flexibility index (Phi) is 7.12. The van der Waals surface area contributed by atoms with Crippen molar-refractivity contribution in [3.63, 3.8) is 0 Å². The van der Waals surface area contributed by atoms with Crippen LogP contribution >= 0.6 is 0 Å². The molecule has 0 bridgehead atoms. The predicted octanol–water partition coefficient (Wildman–Crippen LogP) is 4.13. The number of aromatic nitrogens is 2. The highest BCUT2D eigenvalue weighted by molar-refractivity contribution is 5.80. The first kappa shape index (κ1) is 21.4. The molecule has 1 unspecified atom stereocenters. The lowest BCUT2D eigenvalue weighted by atomic mass is 10.1. The number of hydrogen-bond acceptors (Lipinski definition) is 3. The highest BCUT2D eigenvalue weighted by Gasteiger charge is 2.14. The average Bonchev–Trinajstić information content (AvgIpc) is 2.98. The quantitative estimate of drug-likeness (QED) is 0.458. The number of para-hydroxylation sites is 2. The lowest BCUT2D eigenvalue weighted by Crippen LogP contribution is -2.42. The summed E-state index contributed by atoms with van der Waals surface area (Å²) in [6.45, 7) is 6.94. The van der Waals surface area contributed by atoms with Crippen molar-refractivity contribution in [1.29, 1.82) is 0 Å². The van der Waals surface area contributed by atoms with Crippen LogP contribution < -0.4 is 15.4 Å². The number of nitrogens with one attached hydrogen (secondary N) is 2. The van der Waals surface area contributed by atoms with Gasteiger partial charge in [0.2, 0.25) is 0 Å². The van der Waals surface area contributed by atoms with Gasteiger partial charge in [0.1, 0.15) is 11.5 Å². The zero-order chi connectivity index (χ0) is 21.5. The fourth-order valence-corrected chi connectivity index (χ4v) is 3.44. The van der Waals surface area contributed by atoms with Crippen molar-refractivity contribution in [2.45, 2.75) is 39.8 Å². The van der Waals surface area contributed by atoms with Crippen LogP contribution in [0.2, 0.25) is 0 Å². The SMILES string of the molecule is CN=C(NCc1ccccc1Oc1ccccc1)NC(C)Cc1c(C)nn(C)c1C. The maximum Gasteiger partial charge on any atom is 0.191 e. The van der Waals surface area contributed by atoms with Crippen LogP contribution in [0.5, 0.6) is 11.5 Å². The number of hydrogen-bond donors (Lipinski definition) is 2. The van der Waals surface area contributed by atoms with Gasteiger partial charge < -0.3 is 15.4 Å². The van der Waals surface area contributed by atoms with Gasteiger partial charge in [-0.3, -0.25) is 9.67 Å². The Balaban J connectivity index is 1.60. The van der Waals surface area contributed by atoms with Gasteiger partial charge in [-0.25, -0.2) is 0 Å². The van der Waals surface area contributed by atoms with Crippen LogP contribution in [-0.4, -0.2) is 28.8 Å². The second-order valence-electron chi connectivity index (χ2n) is 7.47. The largest absolute Gasteiger partial charge is 0.457 e. The van der Waals surface area contributed by atoms with Crippen molar-refractivity contribution >= 4 is 5.96 Å². The first-order valence-corrected chi connectivity index (χ1v) is 10.2. The van der Waals surface area contributed by atoms with E-state index < -0.39 is 0 Å². The fourth-order valence-electron chi connectivity index (χ4n) is 3.44. The average molecular weight is 406 g/mol. The Morgan fingerprint density at radius 3 is 2.47 bits per heavy atom. The normalized spacial score (nSPS) is 12.5. The van der Waals surface area contributed by atoms with Gasteiger partial charge in [-0.15, -0.1) is 0 Å². The standard InChI is InChI=1S/C24H31N5O/c1-17(15-22-18(2)28-29(5)19(22)3)27-24(25-4)26-16-20-11-9-10-14-23(20)30-21-12-7-6-8-13-21/h6-14,17H,15-16H2,1-5H3,(H2,25,26,27). The highest BCUT2D eigenvalue weighted by Crippen LogP contribution is 2.24. The van der Waals surface area contributed by atoms with Crippen LogP contribution in [0.3, 0.4) is 0 Å². The van der Waals surface area contributed by atoms with E-state index in [4.69, 9.17) is 4.74 Å². The van der Waals surface area contributed by atoms with E-state index in [0.717, 1.165) is 35.1 Å². The fraction of sp³-hybridized carbons (Fsp3) is 0.333. The third-order valence-corrected chi connectivity index (χ3v) is 5.17. The first-order chi connectivity index (χ1) is 14.5. The smallest absolute Gasteiger partial charge is 0.191 e. The molecule has 1 heterocycles. The summed E-state index contributed by atoms with van der Waals surface area (Å²) in [6, 6.07) is 18.1. The highest BCUT2D eigenvalue weighted by atomic mass is 16.5. The number of rotatable bonds is 7. The Hall–Kier alpha value is -3.28. The van der Waals surface area contributed by atoms with Crippen LogP contribution in [0.1, 0.15) is 29.4 Å². The molecule has 0 spiro atoms. The van der Waals surface area contributed by atoms with Crippen LogP contribution in [-0.2, 0) is 20.0 Å². The molecule has 0 fully saturated rings. The van der Waals surface area contributed by atoms with Gasteiger partial charge in [0.05, 0.1) is 5.69 Å². The lowest BCUT2D eigenvalue weighted by molar-refractivity contribution is 0.475. The van der Waals surface area contributed by atoms with E-state index in [9.17, 15) is 0 Å². The molecular formula is C24H31N5O. The van der Waals surface area contributed by atoms with Gasteiger partial charge >= 0.3 is 0 Å². The molecule has 2 N–H and O–H groups in total. The molecule has 3 aromatic rings. The third kappa shape index (κ3) is 5.41. The first-order valence-electron chi connectivity index (χ1n) is 10.2. The van der Waals surface area contributed by atoms with E-state index in [2.05, 4.69) is 47.6 Å². The van der Waals surface area contributed by atoms with Gasteiger partial charge in [-0.1, -0.05) is 36.4 Å². The Morgan fingerprint density at radius 1 is 1.10 bits per heavy atom. The van der Waals surface area contributed by atoms with Crippen LogP contribution in [0, 0.1) is 13.8 Å². The number of nitrogens with zero attached hydrogens (tertiary/aromatic N) is 3. The summed E-state index contributed by atoms with van der Waals surface area (Å²) < 4.78 is 7.99. The molecule has 0 radical (unpaired) electrons. The Labute approximate surface area is 179 Å².